The molecule has 0 aliphatic carbocycles. The van der Waals surface area contributed by atoms with Crippen LogP contribution in [0.5, 0.6) is 5.75 Å². The van der Waals surface area contributed by atoms with Gasteiger partial charge in [-0.15, -0.1) is 0 Å². The zero-order valence-corrected chi connectivity index (χ0v) is 12.4. The molecule has 0 amide bonds. The van der Waals surface area contributed by atoms with Crippen LogP contribution in [0.2, 0.25) is 0 Å². The van der Waals surface area contributed by atoms with E-state index in [1.165, 1.54) is 0 Å². The monoisotopic (exact) mass is 281 g/mol. The topological polar surface area (TPSA) is 78.8 Å². The van der Waals surface area contributed by atoms with Gasteiger partial charge in [-0.2, -0.15) is 0 Å². The van der Waals surface area contributed by atoms with Crippen molar-refractivity contribution in [2.75, 3.05) is 7.11 Å². The molecule has 0 spiro atoms. The molecule has 5 nitrogen and oxygen atoms in total. The van der Waals surface area contributed by atoms with E-state index < -0.39 is 24.2 Å². The van der Waals surface area contributed by atoms with Crippen molar-refractivity contribution in [3.63, 3.8) is 0 Å². The van der Waals surface area contributed by atoms with E-state index in [-0.39, 0.29) is 0 Å². The highest BCUT2D eigenvalue weighted by Crippen LogP contribution is 2.28. The summed E-state index contributed by atoms with van der Waals surface area (Å²) >= 11 is 0. The molecule has 0 fully saturated rings. The average Bonchev–Trinajstić information content (AvgIpc) is 2.43. The first-order valence-electron chi connectivity index (χ1n) is 6.72. The van der Waals surface area contributed by atoms with E-state index in [0.717, 1.165) is 5.56 Å². The van der Waals surface area contributed by atoms with E-state index in [1.54, 1.807) is 27.0 Å². The van der Waals surface area contributed by atoms with Crippen molar-refractivity contribution in [1.29, 1.82) is 0 Å². The Hall–Kier alpha value is -1.59. The number of hydrogen-bond acceptors (Lipinski definition) is 4. The number of aryl methyl sites for hydroxylation is 1. The van der Waals surface area contributed by atoms with Crippen LogP contribution in [0.3, 0.4) is 0 Å². The second-order valence-corrected chi connectivity index (χ2v) is 4.94. The predicted octanol–water partition coefficient (Wildman–Crippen LogP) is 1.88. The average molecular weight is 281 g/mol. The van der Waals surface area contributed by atoms with Crippen LogP contribution in [0.15, 0.2) is 18.2 Å². The van der Waals surface area contributed by atoms with Crippen LogP contribution in [0.4, 0.5) is 0 Å². The van der Waals surface area contributed by atoms with Crippen LogP contribution in [0.1, 0.15) is 37.5 Å². The Bertz CT molecular complexity index is 461. The predicted molar refractivity (Wildman–Crippen MR) is 77.0 cm³/mol. The molecule has 3 N–H and O–H groups in total. The number of nitrogens with one attached hydrogen (secondary N) is 1. The first kappa shape index (κ1) is 16.5. The molecular weight excluding hydrogens is 258 g/mol. The molecule has 1 aromatic rings. The van der Waals surface area contributed by atoms with Gasteiger partial charge in [0.15, 0.2) is 0 Å². The number of carbonyl (C=O) groups is 1. The molecule has 3 atom stereocenters. The Morgan fingerprint density at radius 1 is 1.45 bits per heavy atom. The molecule has 0 bridgehead atoms. The normalized spacial score (nSPS) is 15.4. The van der Waals surface area contributed by atoms with E-state index in [9.17, 15) is 9.90 Å². The van der Waals surface area contributed by atoms with Crippen LogP contribution in [0, 0.1) is 6.92 Å². The number of carboxylic acid groups (broad SMARTS) is 1. The molecule has 20 heavy (non-hydrogen) atoms. The fourth-order valence-electron chi connectivity index (χ4n) is 2.13. The number of benzene rings is 1. The van der Waals surface area contributed by atoms with Gasteiger partial charge in [-0.25, -0.2) is 0 Å². The summed E-state index contributed by atoms with van der Waals surface area (Å²) < 4.78 is 5.25. The van der Waals surface area contributed by atoms with Gasteiger partial charge in [0, 0.05) is 11.6 Å². The lowest BCUT2D eigenvalue weighted by molar-refractivity contribution is -0.140. The van der Waals surface area contributed by atoms with Crippen molar-refractivity contribution in [3.05, 3.63) is 29.3 Å². The zero-order valence-electron chi connectivity index (χ0n) is 12.4. The van der Waals surface area contributed by atoms with E-state index >= 15 is 0 Å². The molecular formula is C15H23NO4. The quantitative estimate of drug-likeness (QED) is 0.711. The second kappa shape index (κ2) is 7.26. The standard InChI is InChI=1S/C15H23NO4/c1-5-12(15(18)19)16-10(3)14(17)11-8-9(2)6-7-13(11)20-4/h6-8,10,12,14,16-17H,5H2,1-4H3,(H,18,19). The van der Waals surface area contributed by atoms with E-state index in [0.29, 0.717) is 17.7 Å². The molecule has 0 radical (unpaired) electrons. The third-order valence-electron chi connectivity index (χ3n) is 3.35. The van der Waals surface area contributed by atoms with Crippen molar-refractivity contribution in [1.82, 2.24) is 5.32 Å². The summed E-state index contributed by atoms with van der Waals surface area (Å²) in [5.74, 6) is -0.317. The summed E-state index contributed by atoms with van der Waals surface area (Å²) in [7, 11) is 1.55. The zero-order chi connectivity index (χ0) is 15.3. The van der Waals surface area contributed by atoms with Gasteiger partial charge in [-0.1, -0.05) is 18.6 Å². The highest BCUT2D eigenvalue weighted by molar-refractivity contribution is 5.73. The molecule has 0 aliphatic heterocycles. The lowest BCUT2D eigenvalue weighted by Gasteiger charge is -2.25. The van der Waals surface area contributed by atoms with Crippen molar-refractivity contribution >= 4 is 5.97 Å². The second-order valence-electron chi connectivity index (χ2n) is 4.94. The molecule has 5 heteroatoms. The molecule has 3 unspecified atom stereocenters. The van der Waals surface area contributed by atoms with Gasteiger partial charge in [0.2, 0.25) is 0 Å². The molecule has 0 heterocycles. The minimum absolute atomic E-state index is 0.397. The molecule has 1 rings (SSSR count). The molecule has 1 aromatic carbocycles. The molecule has 0 aromatic heterocycles. The number of aliphatic hydroxyl groups is 1. The molecule has 0 aliphatic rings. The molecule has 112 valence electrons. The third kappa shape index (κ3) is 3.95. The van der Waals surface area contributed by atoms with E-state index in [1.807, 2.05) is 19.1 Å². The van der Waals surface area contributed by atoms with Gasteiger partial charge in [-0.3, -0.25) is 10.1 Å². The summed E-state index contributed by atoms with van der Waals surface area (Å²) in [4.78, 5) is 11.0. The van der Waals surface area contributed by atoms with Crippen LogP contribution < -0.4 is 10.1 Å². The molecule has 0 saturated carbocycles. The number of aliphatic hydroxyl groups excluding tert-OH is 1. The lowest BCUT2D eigenvalue weighted by Crippen LogP contribution is -2.44. The van der Waals surface area contributed by atoms with Gasteiger partial charge in [0.25, 0.3) is 0 Å². The summed E-state index contributed by atoms with van der Waals surface area (Å²) in [5, 5.41) is 22.4. The maximum absolute atomic E-state index is 11.0. The summed E-state index contributed by atoms with van der Waals surface area (Å²) in [6.45, 7) is 5.48. The Balaban J connectivity index is 2.90. The Morgan fingerprint density at radius 3 is 2.60 bits per heavy atom. The minimum atomic E-state index is -0.914. The fourth-order valence-corrected chi connectivity index (χ4v) is 2.13. The number of methoxy groups -OCH3 is 1. The summed E-state index contributed by atoms with van der Waals surface area (Å²) in [6, 6.07) is 4.49. The van der Waals surface area contributed by atoms with Crippen LogP contribution in [-0.2, 0) is 4.79 Å². The van der Waals surface area contributed by atoms with Crippen molar-refractivity contribution in [3.8, 4) is 5.75 Å². The maximum Gasteiger partial charge on any atom is 0.320 e. The van der Waals surface area contributed by atoms with Crippen LogP contribution in [0.25, 0.3) is 0 Å². The van der Waals surface area contributed by atoms with Gasteiger partial charge in [0.05, 0.1) is 13.2 Å². The van der Waals surface area contributed by atoms with Crippen molar-refractivity contribution in [2.45, 2.75) is 45.4 Å². The van der Waals surface area contributed by atoms with Gasteiger partial charge in [0.1, 0.15) is 11.8 Å². The number of aliphatic carboxylic acids is 1. The highest BCUT2D eigenvalue weighted by atomic mass is 16.5. The number of rotatable bonds is 7. The highest BCUT2D eigenvalue weighted by Gasteiger charge is 2.24. The Labute approximate surface area is 119 Å². The molecule has 0 saturated heterocycles. The van der Waals surface area contributed by atoms with E-state index in [4.69, 9.17) is 9.84 Å². The van der Waals surface area contributed by atoms with Gasteiger partial charge in [-0.05, 0) is 32.4 Å². The Kier molecular flexibility index (Phi) is 5.98. The Morgan fingerprint density at radius 2 is 2.10 bits per heavy atom. The smallest absolute Gasteiger partial charge is 0.320 e. The van der Waals surface area contributed by atoms with Crippen molar-refractivity contribution in [2.24, 2.45) is 0 Å². The number of carboxylic acids is 1. The summed E-state index contributed by atoms with van der Waals surface area (Å²) in [6.07, 6.45) is -0.379. The largest absolute Gasteiger partial charge is 0.496 e. The van der Waals surface area contributed by atoms with E-state index in [2.05, 4.69) is 5.32 Å². The van der Waals surface area contributed by atoms with Gasteiger partial charge < -0.3 is 14.9 Å². The lowest BCUT2D eigenvalue weighted by atomic mass is 9.99. The van der Waals surface area contributed by atoms with Gasteiger partial charge >= 0.3 is 5.97 Å². The maximum atomic E-state index is 11.0. The van der Waals surface area contributed by atoms with Crippen LogP contribution in [-0.4, -0.2) is 35.4 Å². The first-order chi connectivity index (χ1) is 9.40. The third-order valence-corrected chi connectivity index (χ3v) is 3.35. The van der Waals surface area contributed by atoms with Crippen molar-refractivity contribution < 1.29 is 19.7 Å². The SMILES string of the molecule is CCC(NC(C)C(O)c1cc(C)ccc1OC)C(=O)O. The number of hydrogen-bond donors (Lipinski definition) is 3. The first-order valence-corrected chi connectivity index (χ1v) is 6.72. The van der Waals surface area contributed by atoms with Crippen LogP contribution >= 0.6 is 0 Å². The number of ether oxygens (including phenoxy) is 1. The fraction of sp³-hybridized carbons (Fsp3) is 0.533. The summed E-state index contributed by atoms with van der Waals surface area (Å²) in [5.41, 5.74) is 1.67. The minimum Gasteiger partial charge on any atom is -0.496 e.